The van der Waals surface area contributed by atoms with Crippen molar-refractivity contribution in [1.29, 1.82) is 0 Å². The Hall–Kier alpha value is -2.56. The number of pyridine rings is 1. The maximum absolute atomic E-state index is 13.6. The van der Waals surface area contributed by atoms with Crippen molar-refractivity contribution < 1.29 is 12.8 Å². The largest absolute Gasteiger partial charge is 0.356 e. The fourth-order valence-electron chi connectivity index (χ4n) is 5.26. The van der Waals surface area contributed by atoms with Gasteiger partial charge in [-0.2, -0.15) is 4.39 Å². The molecule has 0 unspecified atom stereocenters. The smallest absolute Gasteiger partial charge is 0.214 e. The van der Waals surface area contributed by atoms with E-state index in [0.29, 0.717) is 23.9 Å². The minimum absolute atomic E-state index is 0.0226. The molecule has 3 aliphatic rings. The van der Waals surface area contributed by atoms with Gasteiger partial charge in [-0.25, -0.2) is 13.4 Å². The minimum Gasteiger partial charge on any atom is -0.356 e. The third kappa shape index (κ3) is 3.97. The van der Waals surface area contributed by atoms with Crippen LogP contribution < -0.4 is 4.90 Å². The van der Waals surface area contributed by atoms with Gasteiger partial charge in [0.1, 0.15) is 11.6 Å². The summed E-state index contributed by atoms with van der Waals surface area (Å²) in [6.07, 6.45) is 1.70. The molecular weight excluding hydrogens is 479 g/mol. The number of aromatic nitrogens is 4. The first-order valence-electron chi connectivity index (χ1n) is 11.4. The van der Waals surface area contributed by atoms with Gasteiger partial charge in [-0.15, -0.1) is 10.2 Å². The van der Waals surface area contributed by atoms with Crippen molar-refractivity contribution in [2.45, 2.75) is 37.9 Å². The maximum Gasteiger partial charge on any atom is 0.214 e. The number of anilines is 1. The molecule has 0 spiro atoms. The molecule has 178 valence electrons. The number of fused-ring (bicyclic) bond motifs is 3. The van der Waals surface area contributed by atoms with Crippen molar-refractivity contribution in [2.24, 2.45) is 0 Å². The van der Waals surface area contributed by atoms with Crippen LogP contribution in [-0.4, -0.2) is 63.7 Å². The highest BCUT2D eigenvalue weighted by Crippen LogP contribution is 2.35. The Morgan fingerprint density at radius 3 is 2.56 bits per heavy atom. The molecular formula is C23H24ClFN6O2S. The lowest BCUT2D eigenvalue weighted by molar-refractivity contribution is 0.193. The van der Waals surface area contributed by atoms with Gasteiger partial charge >= 0.3 is 0 Å². The summed E-state index contributed by atoms with van der Waals surface area (Å²) in [5, 5.41) is 9.79. The molecule has 3 aromatic rings. The van der Waals surface area contributed by atoms with Crippen LogP contribution in [0.4, 0.5) is 10.2 Å². The molecule has 2 aromatic heterocycles. The molecule has 0 saturated carbocycles. The van der Waals surface area contributed by atoms with Gasteiger partial charge < -0.3 is 4.90 Å². The van der Waals surface area contributed by atoms with Gasteiger partial charge in [0.15, 0.2) is 15.7 Å². The quantitative estimate of drug-likeness (QED) is 0.509. The summed E-state index contributed by atoms with van der Waals surface area (Å²) < 4.78 is 39.3. The number of halogens is 2. The fraction of sp³-hybridized carbons (Fsp3) is 0.435. The number of benzene rings is 1. The van der Waals surface area contributed by atoms with E-state index >= 15 is 0 Å². The molecule has 11 heteroatoms. The van der Waals surface area contributed by atoms with Gasteiger partial charge in [-0.1, -0.05) is 17.7 Å². The van der Waals surface area contributed by atoms with E-state index in [9.17, 15) is 12.8 Å². The zero-order chi connectivity index (χ0) is 23.4. The van der Waals surface area contributed by atoms with Gasteiger partial charge in [0.05, 0.1) is 23.7 Å². The van der Waals surface area contributed by atoms with Gasteiger partial charge in [-0.05, 0) is 48.7 Å². The van der Waals surface area contributed by atoms with E-state index in [1.165, 1.54) is 6.07 Å². The summed E-state index contributed by atoms with van der Waals surface area (Å²) in [5.74, 6) is 2.46. The number of hydrogen-bond acceptors (Lipinski definition) is 7. The molecule has 0 N–H and O–H groups in total. The average Bonchev–Trinajstić information content (AvgIpc) is 3.13. The topological polar surface area (TPSA) is 84.2 Å². The minimum atomic E-state index is -2.94. The summed E-state index contributed by atoms with van der Waals surface area (Å²) in [6.45, 7) is 2.65. The molecule has 5 heterocycles. The van der Waals surface area contributed by atoms with E-state index < -0.39 is 15.8 Å². The molecule has 0 atom stereocenters. The van der Waals surface area contributed by atoms with Crippen molar-refractivity contribution >= 4 is 27.3 Å². The highest BCUT2D eigenvalue weighted by Gasteiger charge is 2.40. The number of nitrogens with zero attached hydrogens (tertiary/aromatic N) is 6. The number of sulfone groups is 1. The van der Waals surface area contributed by atoms with Crippen LogP contribution in [0.25, 0.3) is 5.69 Å². The van der Waals surface area contributed by atoms with Gasteiger partial charge in [0.2, 0.25) is 5.95 Å². The number of rotatable bonds is 3. The molecule has 2 fully saturated rings. The SMILES string of the molecule is O=S1(=O)CC(N2Cc3cc(Cl)ccc3-n3c(nnc3C3CCN(c4cccc(F)n4)CC3)C2)C1. The second-order valence-electron chi connectivity index (χ2n) is 9.30. The van der Waals surface area contributed by atoms with Crippen LogP contribution in [0.1, 0.15) is 36.0 Å². The Bertz CT molecular complexity index is 1340. The Morgan fingerprint density at radius 1 is 1.03 bits per heavy atom. The Kier molecular flexibility index (Phi) is 5.34. The first-order valence-corrected chi connectivity index (χ1v) is 13.6. The monoisotopic (exact) mass is 502 g/mol. The van der Waals surface area contributed by atoms with Crippen molar-refractivity contribution in [3.63, 3.8) is 0 Å². The zero-order valence-electron chi connectivity index (χ0n) is 18.4. The van der Waals surface area contributed by atoms with Crippen LogP contribution in [0, 0.1) is 5.95 Å². The molecule has 2 saturated heterocycles. The number of piperidine rings is 1. The molecule has 0 aliphatic carbocycles. The van der Waals surface area contributed by atoms with Crippen LogP contribution in [0.2, 0.25) is 5.02 Å². The van der Waals surface area contributed by atoms with E-state index in [1.54, 1.807) is 6.07 Å². The second kappa shape index (κ2) is 8.28. The fourth-order valence-corrected chi connectivity index (χ4v) is 6.95. The standard InChI is InChI=1S/C23H24ClFN6O2S/c24-17-4-5-19-16(10-17)11-30(18-13-34(32,33)14-18)12-22-27-28-23(31(19)22)15-6-8-29(9-7-15)21-3-1-2-20(25)26-21/h1-5,10,15,18H,6-9,11-14H2. The summed E-state index contributed by atoms with van der Waals surface area (Å²) in [5.41, 5.74) is 2.04. The predicted molar refractivity (Wildman–Crippen MR) is 126 cm³/mol. The van der Waals surface area contributed by atoms with Crippen LogP contribution in [0.5, 0.6) is 0 Å². The average molecular weight is 503 g/mol. The summed E-state index contributed by atoms with van der Waals surface area (Å²) in [7, 11) is -2.94. The molecule has 0 bridgehead atoms. The maximum atomic E-state index is 13.6. The van der Waals surface area contributed by atoms with Crippen molar-refractivity contribution in [2.75, 3.05) is 29.5 Å². The Balaban J connectivity index is 1.30. The predicted octanol–water partition coefficient (Wildman–Crippen LogP) is 2.95. The Morgan fingerprint density at radius 2 is 1.82 bits per heavy atom. The Labute approximate surface area is 202 Å². The third-order valence-electron chi connectivity index (χ3n) is 7.05. The van der Waals surface area contributed by atoms with Crippen LogP contribution in [-0.2, 0) is 22.9 Å². The van der Waals surface area contributed by atoms with E-state index in [0.717, 1.165) is 48.8 Å². The molecule has 0 amide bonds. The van der Waals surface area contributed by atoms with Gasteiger partial charge in [0.25, 0.3) is 0 Å². The zero-order valence-corrected chi connectivity index (χ0v) is 20.0. The normalized spacial score (nSPS) is 20.9. The van der Waals surface area contributed by atoms with Crippen LogP contribution in [0.3, 0.4) is 0 Å². The molecule has 8 nitrogen and oxygen atoms in total. The van der Waals surface area contributed by atoms with Crippen LogP contribution >= 0.6 is 11.6 Å². The van der Waals surface area contributed by atoms with Gasteiger partial charge in [0, 0.05) is 36.6 Å². The number of hydrogen-bond donors (Lipinski definition) is 0. The van der Waals surface area contributed by atoms with Crippen molar-refractivity contribution in [3.05, 3.63) is 64.6 Å². The van der Waals surface area contributed by atoms with Gasteiger partial charge in [-0.3, -0.25) is 9.47 Å². The third-order valence-corrected chi connectivity index (χ3v) is 9.07. The van der Waals surface area contributed by atoms with E-state index in [4.69, 9.17) is 11.6 Å². The summed E-state index contributed by atoms with van der Waals surface area (Å²) in [6, 6.07) is 10.7. The van der Waals surface area contributed by atoms with Crippen molar-refractivity contribution in [1.82, 2.24) is 24.6 Å². The van der Waals surface area contributed by atoms with Crippen molar-refractivity contribution in [3.8, 4) is 5.69 Å². The van der Waals surface area contributed by atoms with E-state index in [2.05, 4.69) is 29.5 Å². The van der Waals surface area contributed by atoms with Crippen LogP contribution in [0.15, 0.2) is 36.4 Å². The first-order chi connectivity index (χ1) is 16.4. The lowest BCUT2D eigenvalue weighted by Gasteiger charge is -2.35. The molecule has 6 rings (SSSR count). The summed E-state index contributed by atoms with van der Waals surface area (Å²) in [4.78, 5) is 8.29. The molecule has 3 aliphatic heterocycles. The molecule has 34 heavy (non-hydrogen) atoms. The lowest BCUT2D eigenvalue weighted by atomic mass is 9.95. The highest BCUT2D eigenvalue weighted by atomic mass is 35.5. The second-order valence-corrected chi connectivity index (χ2v) is 11.9. The summed E-state index contributed by atoms with van der Waals surface area (Å²) >= 11 is 6.33. The first kappa shape index (κ1) is 21.9. The van der Waals surface area contributed by atoms with E-state index in [-0.39, 0.29) is 23.5 Å². The molecule has 1 aromatic carbocycles. The molecule has 0 radical (unpaired) electrons. The highest BCUT2D eigenvalue weighted by molar-refractivity contribution is 7.92. The van der Waals surface area contributed by atoms with E-state index in [1.807, 2.05) is 24.3 Å². The lowest BCUT2D eigenvalue weighted by Crippen LogP contribution is -2.52.